The van der Waals surface area contributed by atoms with Crippen LogP contribution in [0.3, 0.4) is 0 Å². The van der Waals surface area contributed by atoms with Gasteiger partial charge < -0.3 is 10.3 Å². The number of nitrogen functional groups attached to an aromatic ring is 1. The summed E-state index contributed by atoms with van der Waals surface area (Å²) in [5.41, 5.74) is 8.43. The maximum absolute atomic E-state index is 5.59. The molecule has 2 aromatic heterocycles. The number of rotatable bonds is 2. The first-order valence-electron chi connectivity index (χ1n) is 5.50. The number of benzene rings is 1. The van der Waals surface area contributed by atoms with E-state index in [-0.39, 0.29) is 5.95 Å². The molecular weight excluding hydrogens is 226 g/mol. The molecule has 0 spiro atoms. The van der Waals surface area contributed by atoms with Crippen molar-refractivity contribution < 1.29 is 0 Å². The van der Waals surface area contributed by atoms with Crippen LogP contribution in [-0.2, 0) is 0 Å². The molecule has 0 atom stereocenters. The number of aromatic nitrogens is 4. The molecule has 2 heterocycles. The molecule has 5 nitrogen and oxygen atoms in total. The lowest BCUT2D eigenvalue weighted by Crippen LogP contribution is -1.96. The monoisotopic (exact) mass is 237 g/mol. The standard InChI is InChI=1S/C13H11N5/c14-13-16-5-4-12(17-13)10-2-1-3-11(8-10)18-7-6-15-9-18/h1-9H,(H2,14,16,17). The highest BCUT2D eigenvalue weighted by molar-refractivity contribution is 5.62. The predicted molar refractivity (Wildman–Crippen MR) is 69.0 cm³/mol. The summed E-state index contributed by atoms with van der Waals surface area (Å²) in [4.78, 5) is 12.1. The SMILES string of the molecule is Nc1nccc(-c2cccc(-n3ccnc3)c2)n1. The van der Waals surface area contributed by atoms with Crippen LogP contribution in [-0.4, -0.2) is 19.5 Å². The van der Waals surface area contributed by atoms with E-state index in [2.05, 4.69) is 15.0 Å². The number of imidazole rings is 1. The van der Waals surface area contributed by atoms with Crippen LogP contribution in [0.1, 0.15) is 0 Å². The number of anilines is 1. The summed E-state index contributed by atoms with van der Waals surface area (Å²) < 4.78 is 1.94. The van der Waals surface area contributed by atoms with Crippen LogP contribution in [0.4, 0.5) is 5.95 Å². The molecule has 0 fully saturated rings. The molecule has 3 rings (SSSR count). The van der Waals surface area contributed by atoms with Crippen molar-refractivity contribution in [1.29, 1.82) is 0 Å². The first-order valence-corrected chi connectivity index (χ1v) is 5.50. The maximum atomic E-state index is 5.59. The van der Waals surface area contributed by atoms with Crippen molar-refractivity contribution in [1.82, 2.24) is 19.5 Å². The Kier molecular flexibility index (Phi) is 2.49. The maximum Gasteiger partial charge on any atom is 0.220 e. The minimum atomic E-state index is 0.278. The van der Waals surface area contributed by atoms with Gasteiger partial charge in [-0.05, 0) is 18.2 Å². The Bertz CT molecular complexity index is 661. The summed E-state index contributed by atoms with van der Waals surface area (Å²) in [6.45, 7) is 0. The summed E-state index contributed by atoms with van der Waals surface area (Å²) in [6, 6.07) is 9.84. The summed E-state index contributed by atoms with van der Waals surface area (Å²) >= 11 is 0. The Labute approximate surface area is 104 Å². The van der Waals surface area contributed by atoms with Crippen molar-refractivity contribution in [3.8, 4) is 16.9 Å². The normalized spacial score (nSPS) is 10.4. The molecule has 1 aromatic carbocycles. The van der Waals surface area contributed by atoms with Crippen molar-refractivity contribution in [2.24, 2.45) is 0 Å². The molecule has 0 unspecified atom stereocenters. The minimum Gasteiger partial charge on any atom is -0.368 e. The Morgan fingerprint density at radius 2 is 2.06 bits per heavy atom. The number of hydrogen-bond acceptors (Lipinski definition) is 4. The van der Waals surface area contributed by atoms with Gasteiger partial charge >= 0.3 is 0 Å². The van der Waals surface area contributed by atoms with Gasteiger partial charge in [-0.3, -0.25) is 0 Å². The van der Waals surface area contributed by atoms with Gasteiger partial charge in [0.05, 0.1) is 12.0 Å². The molecular formula is C13H11N5. The van der Waals surface area contributed by atoms with E-state index >= 15 is 0 Å². The largest absolute Gasteiger partial charge is 0.368 e. The summed E-state index contributed by atoms with van der Waals surface area (Å²) in [5, 5.41) is 0. The Morgan fingerprint density at radius 3 is 2.83 bits per heavy atom. The predicted octanol–water partition coefficient (Wildman–Crippen LogP) is 1.91. The quantitative estimate of drug-likeness (QED) is 0.739. The van der Waals surface area contributed by atoms with E-state index in [1.807, 2.05) is 41.1 Å². The Hall–Kier alpha value is -2.69. The van der Waals surface area contributed by atoms with E-state index in [0.717, 1.165) is 16.9 Å². The van der Waals surface area contributed by atoms with Crippen molar-refractivity contribution in [2.45, 2.75) is 0 Å². The Balaban J connectivity index is 2.06. The van der Waals surface area contributed by atoms with Crippen LogP contribution in [0.25, 0.3) is 16.9 Å². The van der Waals surface area contributed by atoms with Crippen LogP contribution in [0, 0.1) is 0 Å². The smallest absolute Gasteiger partial charge is 0.220 e. The zero-order valence-corrected chi connectivity index (χ0v) is 9.56. The molecule has 5 heteroatoms. The molecule has 0 radical (unpaired) electrons. The first kappa shape index (κ1) is 10.5. The van der Waals surface area contributed by atoms with E-state index in [1.54, 1.807) is 18.7 Å². The highest BCUT2D eigenvalue weighted by Gasteiger charge is 2.02. The van der Waals surface area contributed by atoms with Gasteiger partial charge in [-0.1, -0.05) is 12.1 Å². The molecule has 0 saturated heterocycles. The fourth-order valence-corrected chi connectivity index (χ4v) is 1.77. The van der Waals surface area contributed by atoms with Crippen LogP contribution >= 0.6 is 0 Å². The summed E-state index contributed by atoms with van der Waals surface area (Å²) in [7, 11) is 0. The van der Waals surface area contributed by atoms with Gasteiger partial charge in [0.15, 0.2) is 0 Å². The molecule has 0 aliphatic carbocycles. The van der Waals surface area contributed by atoms with Gasteiger partial charge in [0.2, 0.25) is 5.95 Å². The second kappa shape index (κ2) is 4.29. The molecule has 0 aliphatic heterocycles. The third-order valence-electron chi connectivity index (χ3n) is 2.62. The van der Waals surface area contributed by atoms with E-state index in [0.29, 0.717) is 0 Å². The minimum absolute atomic E-state index is 0.278. The summed E-state index contributed by atoms with van der Waals surface area (Å²) in [5.74, 6) is 0.278. The third kappa shape index (κ3) is 1.93. The Morgan fingerprint density at radius 1 is 1.11 bits per heavy atom. The molecule has 88 valence electrons. The van der Waals surface area contributed by atoms with Crippen LogP contribution in [0.2, 0.25) is 0 Å². The number of nitrogens with zero attached hydrogens (tertiary/aromatic N) is 4. The van der Waals surface area contributed by atoms with E-state index in [9.17, 15) is 0 Å². The third-order valence-corrected chi connectivity index (χ3v) is 2.62. The highest BCUT2D eigenvalue weighted by Crippen LogP contribution is 2.20. The van der Waals surface area contributed by atoms with Crippen LogP contribution in [0.15, 0.2) is 55.2 Å². The van der Waals surface area contributed by atoms with Gasteiger partial charge in [0.25, 0.3) is 0 Å². The molecule has 0 bridgehead atoms. The fourth-order valence-electron chi connectivity index (χ4n) is 1.77. The second-order valence-corrected chi connectivity index (χ2v) is 3.82. The zero-order valence-electron chi connectivity index (χ0n) is 9.56. The average molecular weight is 237 g/mol. The molecule has 3 aromatic rings. The fraction of sp³-hybridized carbons (Fsp3) is 0. The topological polar surface area (TPSA) is 69.6 Å². The summed E-state index contributed by atoms with van der Waals surface area (Å²) in [6.07, 6.45) is 7.05. The van der Waals surface area contributed by atoms with Crippen molar-refractivity contribution in [2.75, 3.05) is 5.73 Å². The van der Waals surface area contributed by atoms with Crippen LogP contribution in [0.5, 0.6) is 0 Å². The van der Waals surface area contributed by atoms with Gasteiger partial charge in [-0.15, -0.1) is 0 Å². The average Bonchev–Trinajstić information content (AvgIpc) is 2.93. The van der Waals surface area contributed by atoms with Crippen molar-refractivity contribution in [3.05, 3.63) is 55.2 Å². The van der Waals surface area contributed by atoms with Gasteiger partial charge in [-0.2, -0.15) is 0 Å². The molecule has 0 amide bonds. The lowest BCUT2D eigenvalue weighted by Gasteiger charge is -2.05. The van der Waals surface area contributed by atoms with Gasteiger partial charge in [-0.25, -0.2) is 15.0 Å². The molecule has 0 saturated carbocycles. The zero-order chi connectivity index (χ0) is 12.4. The van der Waals surface area contributed by atoms with Crippen molar-refractivity contribution in [3.63, 3.8) is 0 Å². The lowest BCUT2D eigenvalue weighted by atomic mass is 10.1. The lowest BCUT2D eigenvalue weighted by molar-refractivity contribution is 1.06. The number of nitrogens with two attached hydrogens (primary N) is 1. The van der Waals surface area contributed by atoms with E-state index < -0.39 is 0 Å². The van der Waals surface area contributed by atoms with E-state index in [4.69, 9.17) is 5.73 Å². The van der Waals surface area contributed by atoms with Gasteiger partial charge in [0, 0.05) is 29.8 Å². The highest BCUT2D eigenvalue weighted by atomic mass is 15.0. The van der Waals surface area contributed by atoms with Gasteiger partial charge in [0.1, 0.15) is 0 Å². The van der Waals surface area contributed by atoms with E-state index in [1.165, 1.54) is 0 Å². The molecule has 0 aliphatic rings. The number of hydrogen-bond donors (Lipinski definition) is 1. The molecule has 2 N–H and O–H groups in total. The molecule has 18 heavy (non-hydrogen) atoms. The van der Waals surface area contributed by atoms with Crippen LogP contribution < -0.4 is 5.73 Å². The van der Waals surface area contributed by atoms with Crippen molar-refractivity contribution >= 4 is 5.95 Å². The first-order chi connectivity index (χ1) is 8.83. The second-order valence-electron chi connectivity index (χ2n) is 3.82.